The van der Waals surface area contributed by atoms with E-state index in [1.54, 1.807) is 17.2 Å². The molecule has 0 spiro atoms. The van der Waals surface area contributed by atoms with Crippen LogP contribution in [0.5, 0.6) is 0 Å². The van der Waals surface area contributed by atoms with Crippen LogP contribution in [-0.4, -0.2) is 20.9 Å². The number of fused-ring (bicyclic) bond motifs is 1. The largest absolute Gasteiger partial charge is 0.277 e. The van der Waals surface area contributed by atoms with E-state index in [0.29, 0.717) is 21.6 Å². The van der Waals surface area contributed by atoms with Gasteiger partial charge in [-0.3, -0.25) is 14.7 Å². The highest BCUT2D eigenvalue weighted by atomic mass is 35.5. The first-order chi connectivity index (χ1) is 13.0. The van der Waals surface area contributed by atoms with E-state index in [0.717, 1.165) is 26.6 Å². The molecule has 0 saturated heterocycles. The highest BCUT2D eigenvalue weighted by molar-refractivity contribution is 7.22. The summed E-state index contributed by atoms with van der Waals surface area (Å²) in [6.07, 6.45) is 1.72. The number of hydrogen-bond acceptors (Lipinski definition) is 6. The molecule has 27 heavy (non-hydrogen) atoms. The normalized spacial score (nSPS) is 11.1. The van der Waals surface area contributed by atoms with E-state index in [1.165, 1.54) is 22.7 Å². The summed E-state index contributed by atoms with van der Waals surface area (Å²) in [6, 6.07) is 11.2. The van der Waals surface area contributed by atoms with Gasteiger partial charge in [0.05, 0.1) is 33.2 Å². The summed E-state index contributed by atoms with van der Waals surface area (Å²) in [4.78, 5) is 29.0. The molecule has 4 rings (SSSR count). The van der Waals surface area contributed by atoms with Crippen molar-refractivity contribution in [1.29, 1.82) is 0 Å². The molecule has 0 aliphatic carbocycles. The molecule has 0 unspecified atom stereocenters. The second-order valence-corrected chi connectivity index (χ2v) is 8.62. The van der Waals surface area contributed by atoms with Gasteiger partial charge >= 0.3 is 0 Å². The van der Waals surface area contributed by atoms with Crippen molar-refractivity contribution in [3.05, 3.63) is 68.9 Å². The SMILES string of the molecule is Cc1nc(C)c(C(=O)N(Cc2ccccn2)c2nc3ccc(Cl)cc3s2)s1. The summed E-state index contributed by atoms with van der Waals surface area (Å²) in [5, 5.41) is 2.13. The molecule has 3 aromatic heterocycles. The van der Waals surface area contributed by atoms with Gasteiger partial charge in [-0.25, -0.2) is 9.97 Å². The number of anilines is 1. The molecule has 0 N–H and O–H groups in total. The molecule has 1 aromatic carbocycles. The molecule has 0 aliphatic rings. The number of aryl methyl sites for hydroxylation is 2. The Morgan fingerprint density at radius 1 is 1.15 bits per heavy atom. The van der Waals surface area contributed by atoms with E-state index < -0.39 is 0 Å². The van der Waals surface area contributed by atoms with Gasteiger partial charge in [0.1, 0.15) is 4.88 Å². The number of aromatic nitrogens is 3. The molecule has 1 amide bonds. The smallest absolute Gasteiger partial charge is 0.272 e. The fraction of sp³-hybridized carbons (Fsp3) is 0.158. The van der Waals surface area contributed by atoms with Gasteiger partial charge in [-0.05, 0) is 44.2 Å². The molecular formula is C19H15ClN4OS2. The molecule has 0 aliphatic heterocycles. The van der Waals surface area contributed by atoms with Crippen LogP contribution in [-0.2, 0) is 6.54 Å². The van der Waals surface area contributed by atoms with Gasteiger partial charge < -0.3 is 0 Å². The van der Waals surface area contributed by atoms with Crippen LogP contribution in [0.25, 0.3) is 10.2 Å². The minimum absolute atomic E-state index is 0.117. The lowest BCUT2D eigenvalue weighted by Crippen LogP contribution is -2.30. The van der Waals surface area contributed by atoms with Gasteiger partial charge in [0.2, 0.25) is 0 Å². The zero-order chi connectivity index (χ0) is 19.0. The second-order valence-electron chi connectivity index (χ2n) is 5.97. The van der Waals surface area contributed by atoms with Crippen LogP contribution in [0.3, 0.4) is 0 Å². The molecule has 3 heterocycles. The maximum Gasteiger partial charge on any atom is 0.272 e. The molecule has 136 valence electrons. The quantitative estimate of drug-likeness (QED) is 0.456. The van der Waals surface area contributed by atoms with Crippen molar-refractivity contribution in [2.24, 2.45) is 0 Å². The van der Waals surface area contributed by atoms with Crippen molar-refractivity contribution in [1.82, 2.24) is 15.0 Å². The van der Waals surface area contributed by atoms with Gasteiger partial charge in [0.25, 0.3) is 5.91 Å². The van der Waals surface area contributed by atoms with Crippen LogP contribution in [0.2, 0.25) is 5.02 Å². The zero-order valence-electron chi connectivity index (χ0n) is 14.6. The topological polar surface area (TPSA) is 59.0 Å². The van der Waals surface area contributed by atoms with Gasteiger partial charge in [-0.2, -0.15) is 0 Å². The maximum atomic E-state index is 13.3. The molecule has 8 heteroatoms. The van der Waals surface area contributed by atoms with E-state index in [4.69, 9.17) is 11.6 Å². The lowest BCUT2D eigenvalue weighted by atomic mass is 10.3. The van der Waals surface area contributed by atoms with Gasteiger partial charge in [-0.1, -0.05) is 29.0 Å². The minimum Gasteiger partial charge on any atom is -0.277 e. The highest BCUT2D eigenvalue weighted by Gasteiger charge is 2.25. The van der Waals surface area contributed by atoms with Gasteiger partial charge in [-0.15, -0.1) is 11.3 Å². The van der Waals surface area contributed by atoms with Crippen molar-refractivity contribution in [2.75, 3.05) is 4.90 Å². The fourth-order valence-corrected chi connectivity index (χ4v) is 4.84. The lowest BCUT2D eigenvalue weighted by molar-refractivity contribution is 0.0988. The number of benzene rings is 1. The Morgan fingerprint density at radius 2 is 2.00 bits per heavy atom. The summed E-state index contributed by atoms with van der Waals surface area (Å²) in [5.41, 5.74) is 2.34. The number of rotatable bonds is 4. The second kappa shape index (κ2) is 7.34. The summed E-state index contributed by atoms with van der Waals surface area (Å²) in [7, 11) is 0. The summed E-state index contributed by atoms with van der Waals surface area (Å²) in [6.45, 7) is 4.09. The van der Waals surface area contributed by atoms with Crippen LogP contribution in [0.4, 0.5) is 5.13 Å². The number of thiazole rings is 2. The Bertz CT molecular complexity index is 1120. The number of pyridine rings is 1. The summed E-state index contributed by atoms with van der Waals surface area (Å²) >= 11 is 8.94. The first-order valence-electron chi connectivity index (χ1n) is 8.23. The molecule has 0 radical (unpaired) electrons. The number of nitrogens with zero attached hydrogens (tertiary/aromatic N) is 4. The van der Waals surface area contributed by atoms with Crippen LogP contribution in [0, 0.1) is 13.8 Å². The molecule has 4 aromatic rings. The average molecular weight is 415 g/mol. The Hall–Kier alpha value is -2.35. The standard InChI is InChI=1S/C19H15ClN4OS2/c1-11-17(26-12(2)22-11)18(25)24(10-14-5-3-4-8-21-14)19-23-15-7-6-13(20)9-16(15)27-19/h3-9H,10H2,1-2H3. The molecule has 0 atom stereocenters. The predicted octanol–water partition coefficient (Wildman–Crippen LogP) is 5.27. The lowest BCUT2D eigenvalue weighted by Gasteiger charge is -2.19. The van der Waals surface area contributed by atoms with Crippen LogP contribution in [0.1, 0.15) is 26.1 Å². The molecule has 5 nitrogen and oxygen atoms in total. The molecule has 0 saturated carbocycles. The van der Waals surface area contributed by atoms with Crippen molar-refractivity contribution < 1.29 is 4.79 Å². The fourth-order valence-electron chi connectivity index (χ4n) is 2.73. The van der Waals surface area contributed by atoms with E-state index in [1.807, 2.05) is 44.2 Å². The van der Waals surface area contributed by atoms with Crippen LogP contribution in [0.15, 0.2) is 42.6 Å². The van der Waals surface area contributed by atoms with Crippen molar-refractivity contribution in [3.8, 4) is 0 Å². The first-order valence-corrected chi connectivity index (χ1v) is 10.2. The van der Waals surface area contributed by atoms with Crippen LogP contribution < -0.4 is 4.90 Å². The van der Waals surface area contributed by atoms with E-state index in [-0.39, 0.29) is 5.91 Å². The first kappa shape index (κ1) is 18.0. The number of amides is 1. The number of halogens is 1. The predicted molar refractivity (Wildman–Crippen MR) is 111 cm³/mol. The van der Waals surface area contributed by atoms with Crippen molar-refractivity contribution >= 4 is 55.5 Å². The summed E-state index contributed by atoms with van der Waals surface area (Å²) in [5.74, 6) is -0.117. The molecule has 0 bridgehead atoms. The summed E-state index contributed by atoms with van der Waals surface area (Å²) < 4.78 is 0.938. The van der Waals surface area contributed by atoms with E-state index >= 15 is 0 Å². The van der Waals surface area contributed by atoms with Crippen molar-refractivity contribution in [3.63, 3.8) is 0 Å². The number of carbonyl (C=O) groups is 1. The maximum absolute atomic E-state index is 13.3. The van der Waals surface area contributed by atoms with Gasteiger partial charge in [0.15, 0.2) is 5.13 Å². The molecule has 0 fully saturated rings. The zero-order valence-corrected chi connectivity index (χ0v) is 17.0. The number of carbonyl (C=O) groups excluding carboxylic acids is 1. The molecular weight excluding hydrogens is 400 g/mol. The third-order valence-corrected chi connectivity index (χ3v) is 6.30. The third-order valence-electron chi connectivity index (χ3n) is 3.96. The van der Waals surface area contributed by atoms with E-state index in [9.17, 15) is 4.79 Å². The van der Waals surface area contributed by atoms with E-state index in [2.05, 4.69) is 15.0 Å². The monoisotopic (exact) mass is 414 g/mol. The highest BCUT2D eigenvalue weighted by Crippen LogP contribution is 2.33. The van der Waals surface area contributed by atoms with Crippen molar-refractivity contribution in [2.45, 2.75) is 20.4 Å². The minimum atomic E-state index is -0.117. The third kappa shape index (κ3) is 3.71. The Morgan fingerprint density at radius 3 is 2.70 bits per heavy atom. The Kier molecular flexibility index (Phi) is 4.90. The number of hydrogen-bond donors (Lipinski definition) is 0. The van der Waals surface area contributed by atoms with Gasteiger partial charge in [0, 0.05) is 11.2 Å². The van der Waals surface area contributed by atoms with Crippen LogP contribution >= 0.6 is 34.3 Å². The average Bonchev–Trinajstić information content (AvgIpc) is 3.22. The Balaban J connectivity index is 1.79. The Labute approximate surface area is 169 Å².